The first-order valence-corrected chi connectivity index (χ1v) is 7.85. The molecule has 6 nitrogen and oxygen atoms in total. The van der Waals surface area contributed by atoms with E-state index >= 15 is 0 Å². The van der Waals surface area contributed by atoms with Crippen molar-refractivity contribution in [3.63, 3.8) is 0 Å². The van der Waals surface area contributed by atoms with E-state index in [-0.39, 0.29) is 18.4 Å². The third-order valence-electron chi connectivity index (χ3n) is 4.69. The van der Waals surface area contributed by atoms with E-state index in [9.17, 15) is 9.59 Å². The Bertz CT molecular complexity index is 548. The van der Waals surface area contributed by atoms with Crippen LogP contribution in [0.4, 0.5) is 0 Å². The number of ether oxygens (including phenoxy) is 2. The molecule has 1 saturated heterocycles. The molecule has 0 saturated carbocycles. The van der Waals surface area contributed by atoms with E-state index in [2.05, 4.69) is 0 Å². The Morgan fingerprint density at radius 3 is 2.22 bits per heavy atom. The van der Waals surface area contributed by atoms with Crippen LogP contribution in [0, 0.1) is 5.41 Å². The third kappa shape index (κ3) is 3.94. The Morgan fingerprint density at radius 2 is 1.74 bits per heavy atom. The Labute approximate surface area is 136 Å². The molecular formula is C17H24N2O4. The van der Waals surface area contributed by atoms with Crippen LogP contribution < -0.4 is 15.2 Å². The lowest BCUT2D eigenvalue weighted by Gasteiger charge is -2.39. The van der Waals surface area contributed by atoms with Gasteiger partial charge in [0.05, 0.1) is 12.5 Å². The zero-order chi connectivity index (χ0) is 16.9. The molecule has 0 radical (unpaired) electrons. The second-order valence-electron chi connectivity index (χ2n) is 5.84. The average molecular weight is 320 g/mol. The van der Waals surface area contributed by atoms with Crippen molar-refractivity contribution in [1.82, 2.24) is 4.90 Å². The number of likely N-dealkylation sites (tertiary alicyclic amines) is 1. The molecule has 2 N–H and O–H groups in total. The van der Waals surface area contributed by atoms with Gasteiger partial charge < -0.3 is 20.1 Å². The van der Waals surface area contributed by atoms with Crippen molar-refractivity contribution in [3.8, 4) is 11.5 Å². The molecule has 0 aliphatic carbocycles. The van der Waals surface area contributed by atoms with E-state index in [4.69, 9.17) is 15.2 Å². The van der Waals surface area contributed by atoms with Gasteiger partial charge in [-0.1, -0.05) is 6.92 Å². The van der Waals surface area contributed by atoms with Gasteiger partial charge in [0.2, 0.25) is 5.91 Å². The number of nitrogens with two attached hydrogens (primary N) is 1. The molecule has 1 aliphatic rings. The van der Waals surface area contributed by atoms with Crippen molar-refractivity contribution >= 4 is 11.8 Å². The molecule has 0 aromatic heterocycles. The Kier molecular flexibility index (Phi) is 5.47. The standard InChI is InChI=1S/C17H24N2O4/c1-3-17(16(18)21)8-10-19(11-9-17)15(20)12-23-14-6-4-13(22-2)5-7-14/h4-7H,3,8-12H2,1-2H3,(H2,18,21). The molecule has 1 aliphatic heterocycles. The van der Waals surface area contributed by atoms with Gasteiger partial charge in [-0.3, -0.25) is 9.59 Å². The average Bonchev–Trinajstić information content (AvgIpc) is 2.60. The van der Waals surface area contributed by atoms with Crippen molar-refractivity contribution in [2.75, 3.05) is 26.8 Å². The predicted molar refractivity (Wildman–Crippen MR) is 86.2 cm³/mol. The van der Waals surface area contributed by atoms with Crippen LogP contribution in [0.15, 0.2) is 24.3 Å². The van der Waals surface area contributed by atoms with Crippen molar-refractivity contribution < 1.29 is 19.1 Å². The van der Waals surface area contributed by atoms with Crippen LogP contribution >= 0.6 is 0 Å². The summed E-state index contributed by atoms with van der Waals surface area (Å²) in [5.74, 6) is 1.02. The maximum absolute atomic E-state index is 12.2. The first kappa shape index (κ1) is 17.1. The lowest BCUT2D eigenvalue weighted by atomic mass is 9.75. The topological polar surface area (TPSA) is 81.9 Å². The summed E-state index contributed by atoms with van der Waals surface area (Å²) < 4.78 is 10.6. The highest BCUT2D eigenvalue weighted by molar-refractivity contribution is 5.82. The summed E-state index contributed by atoms with van der Waals surface area (Å²) >= 11 is 0. The van der Waals surface area contributed by atoms with E-state index < -0.39 is 5.41 Å². The number of hydrogen-bond acceptors (Lipinski definition) is 4. The monoisotopic (exact) mass is 320 g/mol. The van der Waals surface area contributed by atoms with Gasteiger partial charge in [0, 0.05) is 13.1 Å². The van der Waals surface area contributed by atoms with Gasteiger partial charge in [0.15, 0.2) is 6.61 Å². The number of primary amides is 1. The zero-order valence-corrected chi connectivity index (χ0v) is 13.7. The maximum atomic E-state index is 12.2. The fourth-order valence-electron chi connectivity index (χ4n) is 2.87. The molecule has 2 amide bonds. The lowest BCUT2D eigenvalue weighted by Crippen LogP contribution is -2.49. The molecule has 1 aromatic carbocycles. The molecule has 1 aromatic rings. The second-order valence-corrected chi connectivity index (χ2v) is 5.84. The minimum Gasteiger partial charge on any atom is -0.497 e. The number of piperidine rings is 1. The number of carbonyl (C=O) groups is 2. The van der Waals surface area contributed by atoms with Crippen LogP contribution in [0.3, 0.4) is 0 Å². The van der Waals surface area contributed by atoms with Gasteiger partial charge in [0.1, 0.15) is 11.5 Å². The van der Waals surface area contributed by atoms with E-state index in [1.54, 1.807) is 36.3 Å². The van der Waals surface area contributed by atoms with Gasteiger partial charge in [-0.15, -0.1) is 0 Å². The molecular weight excluding hydrogens is 296 g/mol. The number of carbonyl (C=O) groups excluding carboxylic acids is 2. The molecule has 0 bridgehead atoms. The summed E-state index contributed by atoms with van der Waals surface area (Å²) in [6.45, 7) is 3.04. The predicted octanol–water partition coefficient (Wildman–Crippen LogP) is 1.58. The van der Waals surface area contributed by atoms with E-state index in [0.717, 1.165) is 5.75 Å². The summed E-state index contributed by atoms with van der Waals surface area (Å²) in [6, 6.07) is 7.08. The van der Waals surface area contributed by atoms with Crippen molar-refractivity contribution in [2.45, 2.75) is 26.2 Å². The molecule has 6 heteroatoms. The highest BCUT2D eigenvalue weighted by atomic mass is 16.5. The highest BCUT2D eigenvalue weighted by Gasteiger charge is 2.39. The van der Waals surface area contributed by atoms with Gasteiger partial charge >= 0.3 is 0 Å². The molecule has 0 unspecified atom stereocenters. The summed E-state index contributed by atoms with van der Waals surface area (Å²) in [5.41, 5.74) is 5.05. The summed E-state index contributed by atoms with van der Waals surface area (Å²) in [7, 11) is 1.60. The number of amides is 2. The largest absolute Gasteiger partial charge is 0.497 e. The first-order valence-electron chi connectivity index (χ1n) is 7.85. The normalized spacial score (nSPS) is 16.7. The fraction of sp³-hybridized carbons (Fsp3) is 0.529. The quantitative estimate of drug-likeness (QED) is 0.863. The minimum absolute atomic E-state index is 0.0119. The Balaban J connectivity index is 1.84. The molecule has 23 heavy (non-hydrogen) atoms. The van der Waals surface area contributed by atoms with Crippen LogP contribution in [0.2, 0.25) is 0 Å². The molecule has 0 spiro atoms. The van der Waals surface area contributed by atoms with Crippen molar-refractivity contribution in [1.29, 1.82) is 0 Å². The number of rotatable bonds is 6. The third-order valence-corrected chi connectivity index (χ3v) is 4.69. The van der Waals surface area contributed by atoms with Crippen LogP contribution in [0.1, 0.15) is 26.2 Å². The van der Waals surface area contributed by atoms with Crippen molar-refractivity contribution in [3.05, 3.63) is 24.3 Å². The minimum atomic E-state index is -0.465. The Morgan fingerprint density at radius 1 is 1.17 bits per heavy atom. The van der Waals surface area contributed by atoms with Crippen LogP contribution in [0.5, 0.6) is 11.5 Å². The summed E-state index contributed by atoms with van der Waals surface area (Å²) in [4.78, 5) is 25.6. The summed E-state index contributed by atoms with van der Waals surface area (Å²) in [5, 5.41) is 0. The molecule has 126 valence electrons. The number of hydrogen-bond donors (Lipinski definition) is 1. The van der Waals surface area contributed by atoms with E-state index in [0.29, 0.717) is 38.1 Å². The lowest BCUT2D eigenvalue weighted by molar-refractivity contribution is -0.140. The second kappa shape index (κ2) is 7.35. The van der Waals surface area contributed by atoms with Crippen LogP contribution in [0.25, 0.3) is 0 Å². The smallest absolute Gasteiger partial charge is 0.260 e. The highest BCUT2D eigenvalue weighted by Crippen LogP contribution is 2.34. The van der Waals surface area contributed by atoms with Crippen LogP contribution in [-0.2, 0) is 9.59 Å². The maximum Gasteiger partial charge on any atom is 0.260 e. The molecule has 1 fully saturated rings. The SMILES string of the molecule is CCC1(C(N)=O)CCN(C(=O)COc2ccc(OC)cc2)CC1. The van der Waals surface area contributed by atoms with E-state index in [1.165, 1.54) is 0 Å². The van der Waals surface area contributed by atoms with E-state index in [1.807, 2.05) is 6.92 Å². The zero-order valence-electron chi connectivity index (χ0n) is 13.7. The molecule has 1 heterocycles. The van der Waals surface area contributed by atoms with Gasteiger partial charge in [-0.2, -0.15) is 0 Å². The van der Waals surface area contributed by atoms with Crippen LogP contribution in [-0.4, -0.2) is 43.5 Å². The van der Waals surface area contributed by atoms with Crippen molar-refractivity contribution in [2.24, 2.45) is 11.1 Å². The number of methoxy groups -OCH3 is 1. The number of benzene rings is 1. The first-order chi connectivity index (χ1) is 11.0. The Hall–Kier alpha value is -2.24. The number of nitrogens with zero attached hydrogens (tertiary/aromatic N) is 1. The molecule has 0 atom stereocenters. The summed E-state index contributed by atoms with van der Waals surface area (Å²) in [6.07, 6.45) is 1.95. The van der Waals surface area contributed by atoms with Gasteiger partial charge in [-0.05, 0) is 43.5 Å². The molecule has 2 rings (SSSR count). The van der Waals surface area contributed by atoms with Gasteiger partial charge in [-0.25, -0.2) is 0 Å². The van der Waals surface area contributed by atoms with Gasteiger partial charge in [0.25, 0.3) is 5.91 Å². The fourth-order valence-corrected chi connectivity index (χ4v) is 2.87.